The van der Waals surface area contributed by atoms with E-state index in [1.165, 1.54) is 30.3 Å². The third-order valence-corrected chi connectivity index (χ3v) is 3.60. The van der Waals surface area contributed by atoms with Crippen molar-refractivity contribution in [3.05, 3.63) is 48.0 Å². The van der Waals surface area contributed by atoms with E-state index >= 15 is 0 Å². The molecular weight excluding hydrogens is 301 g/mol. The van der Waals surface area contributed by atoms with Crippen molar-refractivity contribution in [2.75, 3.05) is 11.1 Å². The Morgan fingerprint density at radius 2 is 1.86 bits per heavy atom. The number of halogens is 1. The summed E-state index contributed by atoms with van der Waals surface area (Å²) < 4.78 is 29.4. The van der Waals surface area contributed by atoms with Gasteiger partial charge in [0, 0.05) is 5.69 Å². The van der Waals surface area contributed by atoms with E-state index in [1.807, 2.05) is 0 Å². The van der Waals surface area contributed by atoms with Gasteiger partial charge in [-0.15, -0.1) is 0 Å². The molecule has 6 nitrogen and oxygen atoms in total. The second-order valence-corrected chi connectivity index (χ2v) is 5.35. The van der Waals surface area contributed by atoms with Gasteiger partial charge in [0.2, 0.25) is 11.7 Å². The highest BCUT2D eigenvalue weighted by atomic mass is 32.2. The van der Waals surface area contributed by atoms with Gasteiger partial charge in [-0.2, -0.15) is 0 Å². The van der Waals surface area contributed by atoms with Crippen LogP contribution in [0.3, 0.4) is 0 Å². The van der Waals surface area contributed by atoms with Gasteiger partial charge in [-0.05, 0) is 36.4 Å². The van der Waals surface area contributed by atoms with Gasteiger partial charge in [-0.25, -0.2) is 9.18 Å². The predicted octanol–water partition coefficient (Wildman–Crippen LogP) is 1.86. The number of carbonyl (C=O) groups is 2. The van der Waals surface area contributed by atoms with Crippen LogP contribution in [0.25, 0.3) is 0 Å². The average Bonchev–Trinajstić information content (AvgIpc) is 2.91. The van der Waals surface area contributed by atoms with Crippen LogP contribution in [-0.4, -0.2) is 26.9 Å². The Bertz CT molecular complexity index is 695. The standard InChI is InChI=1S/C13H10FNO5S/c14-8-1-3-9(4-2-8)15-11(16)7-21(19)12-6-5-10(20-12)13(17)18/h1-6H,7H2,(H,15,16)(H,17,18). The number of carbonyl (C=O) groups excluding carboxylic acids is 1. The summed E-state index contributed by atoms with van der Waals surface area (Å²) >= 11 is 0. The highest BCUT2D eigenvalue weighted by molar-refractivity contribution is 7.85. The fraction of sp³-hybridized carbons (Fsp3) is 0.0769. The van der Waals surface area contributed by atoms with Crippen molar-refractivity contribution >= 4 is 28.4 Å². The van der Waals surface area contributed by atoms with Crippen molar-refractivity contribution in [3.8, 4) is 0 Å². The first kappa shape index (κ1) is 14.9. The topological polar surface area (TPSA) is 96.6 Å². The molecule has 0 saturated heterocycles. The Morgan fingerprint density at radius 3 is 2.43 bits per heavy atom. The van der Waals surface area contributed by atoms with Crippen molar-refractivity contribution in [2.45, 2.75) is 5.09 Å². The molecule has 1 unspecified atom stereocenters. The summed E-state index contributed by atoms with van der Waals surface area (Å²) in [6.45, 7) is 0. The summed E-state index contributed by atoms with van der Waals surface area (Å²) in [5.74, 6) is -3.03. The summed E-state index contributed by atoms with van der Waals surface area (Å²) in [4.78, 5) is 22.3. The SMILES string of the molecule is O=C(CS(=O)c1ccc(C(=O)O)o1)Nc1ccc(F)cc1. The molecule has 2 N–H and O–H groups in total. The highest BCUT2D eigenvalue weighted by Gasteiger charge is 2.16. The number of carboxylic acid groups (broad SMARTS) is 1. The number of benzene rings is 1. The zero-order valence-electron chi connectivity index (χ0n) is 10.5. The third-order valence-electron chi connectivity index (χ3n) is 2.41. The lowest BCUT2D eigenvalue weighted by Gasteiger charge is -2.04. The van der Waals surface area contributed by atoms with Gasteiger partial charge in [-0.1, -0.05) is 0 Å². The Morgan fingerprint density at radius 1 is 1.19 bits per heavy atom. The second kappa shape index (κ2) is 6.31. The molecule has 1 aromatic carbocycles. The van der Waals surface area contributed by atoms with E-state index in [0.717, 1.165) is 6.07 Å². The number of furan rings is 1. The minimum Gasteiger partial charge on any atom is -0.475 e. The van der Waals surface area contributed by atoms with Gasteiger partial charge in [-0.3, -0.25) is 9.00 Å². The van der Waals surface area contributed by atoms with E-state index in [0.29, 0.717) is 5.69 Å². The minimum absolute atomic E-state index is 0.0957. The van der Waals surface area contributed by atoms with Crippen LogP contribution in [0.15, 0.2) is 45.9 Å². The molecule has 21 heavy (non-hydrogen) atoms. The maximum Gasteiger partial charge on any atom is 0.371 e. The van der Waals surface area contributed by atoms with Gasteiger partial charge in [0.05, 0.1) is 10.8 Å². The molecule has 0 aliphatic heterocycles. The molecule has 0 radical (unpaired) electrons. The molecule has 1 amide bonds. The van der Waals surface area contributed by atoms with Gasteiger partial charge in [0.1, 0.15) is 11.6 Å². The van der Waals surface area contributed by atoms with Crippen LogP contribution in [-0.2, 0) is 15.6 Å². The lowest BCUT2D eigenvalue weighted by molar-refractivity contribution is -0.113. The molecule has 0 spiro atoms. The molecule has 110 valence electrons. The summed E-state index contributed by atoms with van der Waals surface area (Å²) in [7, 11) is -1.80. The molecule has 1 atom stereocenters. The van der Waals surface area contributed by atoms with Crippen LogP contribution in [0, 0.1) is 5.82 Å². The minimum atomic E-state index is -1.80. The lowest BCUT2D eigenvalue weighted by atomic mass is 10.3. The zero-order chi connectivity index (χ0) is 15.4. The van der Waals surface area contributed by atoms with E-state index in [-0.39, 0.29) is 10.9 Å². The van der Waals surface area contributed by atoms with Gasteiger partial charge < -0.3 is 14.8 Å². The summed E-state index contributed by atoms with van der Waals surface area (Å²) in [6, 6.07) is 7.49. The molecule has 1 heterocycles. The van der Waals surface area contributed by atoms with Crippen LogP contribution < -0.4 is 5.32 Å². The molecular formula is C13H10FNO5S. The Hall–Kier alpha value is -2.48. The molecule has 0 bridgehead atoms. The molecule has 0 fully saturated rings. The molecule has 1 aromatic heterocycles. The Labute approximate surface area is 121 Å². The molecule has 0 aliphatic rings. The predicted molar refractivity (Wildman–Crippen MR) is 72.0 cm³/mol. The molecule has 8 heteroatoms. The largest absolute Gasteiger partial charge is 0.475 e. The fourth-order valence-corrected chi connectivity index (χ4v) is 2.33. The summed E-state index contributed by atoms with van der Waals surface area (Å²) in [6.07, 6.45) is 0. The third kappa shape index (κ3) is 3.99. The van der Waals surface area contributed by atoms with E-state index in [2.05, 4.69) is 5.32 Å². The number of aromatic carboxylic acids is 1. The maximum absolute atomic E-state index is 12.7. The lowest BCUT2D eigenvalue weighted by Crippen LogP contribution is -2.19. The molecule has 2 rings (SSSR count). The van der Waals surface area contributed by atoms with Crippen LogP contribution in [0.2, 0.25) is 0 Å². The fourth-order valence-electron chi connectivity index (χ4n) is 1.48. The van der Waals surface area contributed by atoms with Crippen molar-refractivity contribution in [1.29, 1.82) is 0 Å². The van der Waals surface area contributed by atoms with E-state index in [1.54, 1.807) is 0 Å². The Kier molecular flexibility index (Phi) is 4.49. The van der Waals surface area contributed by atoms with Crippen molar-refractivity contribution in [3.63, 3.8) is 0 Å². The van der Waals surface area contributed by atoms with Gasteiger partial charge in [0.15, 0.2) is 5.09 Å². The second-order valence-electron chi connectivity index (χ2n) is 3.97. The summed E-state index contributed by atoms with van der Waals surface area (Å²) in [5.41, 5.74) is 0.365. The van der Waals surface area contributed by atoms with Crippen LogP contribution in [0.4, 0.5) is 10.1 Å². The monoisotopic (exact) mass is 311 g/mol. The van der Waals surface area contributed by atoms with Crippen molar-refractivity contribution in [1.82, 2.24) is 0 Å². The highest BCUT2D eigenvalue weighted by Crippen LogP contribution is 2.13. The number of nitrogens with one attached hydrogen (secondary N) is 1. The van der Waals surface area contributed by atoms with E-state index < -0.39 is 34.2 Å². The van der Waals surface area contributed by atoms with Crippen LogP contribution in [0.5, 0.6) is 0 Å². The summed E-state index contributed by atoms with van der Waals surface area (Å²) in [5, 5.41) is 11.0. The number of hydrogen-bond donors (Lipinski definition) is 2. The maximum atomic E-state index is 12.7. The van der Waals surface area contributed by atoms with Crippen LogP contribution >= 0.6 is 0 Å². The number of hydrogen-bond acceptors (Lipinski definition) is 4. The quantitative estimate of drug-likeness (QED) is 0.878. The normalized spacial score (nSPS) is 11.9. The molecule has 2 aromatic rings. The Balaban J connectivity index is 1.96. The molecule has 0 aliphatic carbocycles. The zero-order valence-corrected chi connectivity index (χ0v) is 11.4. The van der Waals surface area contributed by atoms with Gasteiger partial charge >= 0.3 is 5.97 Å². The molecule has 0 saturated carbocycles. The average molecular weight is 311 g/mol. The smallest absolute Gasteiger partial charge is 0.371 e. The number of amides is 1. The number of anilines is 1. The first-order valence-corrected chi connectivity index (χ1v) is 7.04. The van der Waals surface area contributed by atoms with Crippen molar-refractivity contribution < 1.29 is 27.7 Å². The van der Waals surface area contributed by atoms with Crippen LogP contribution in [0.1, 0.15) is 10.6 Å². The first-order chi connectivity index (χ1) is 9.95. The van der Waals surface area contributed by atoms with Crippen molar-refractivity contribution in [2.24, 2.45) is 0 Å². The number of carboxylic acids is 1. The first-order valence-electron chi connectivity index (χ1n) is 5.72. The van der Waals surface area contributed by atoms with E-state index in [4.69, 9.17) is 9.52 Å². The van der Waals surface area contributed by atoms with Gasteiger partial charge in [0.25, 0.3) is 0 Å². The van der Waals surface area contributed by atoms with E-state index in [9.17, 15) is 18.2 Å². The number of rotatable bonds is 5.